The van der Waals surface area contributed by atoms with Gasteiger partial charge in [-0.05, 0) is 81.8 Å². The highest BCUT2D eigenvalue weighted by atomic mass is 79.9. The van der Waals surface area contributed by atoms with Crippen LogP contribution in [0.2, 0.25) is 0 Å². The molecule has 2 aliphatic rings. The van der Waals surface area contributed by atoms with Gasteiger partial charge in [-0.1, -0.05) is 33.6 Å². The molecule has 0 aliphatic carbocycles. The minimum atomic E-state index is -3.57. The van der Waals surface area contributed by atoms with E-state index in [-0.39, 0.29) is 17.9 Å². The fourth-order valence-corrected chi connectivity index (χ4v) is 7.47. The van der Waals surface area contributed by atoms with E-state index in [2.05, 4.69) is 28.9 Å². The number of piperidine rings is 1. The molecule has 1 fully saturated rings. The first-order chi connectivity index (χ1) is 14.6. The van der Waals surface area contributed by atoms with Crippen LogP contribution in [0.25, 0.3) is 0 Å². The first kappa shape index (κ1) is 22.5. The van der Waals surface area contributed by atoms with Gasteiger partial charge in [-0.15, -0.1) is 0 Å². The Labute approximate surface area is 193 Å². The summed E-state index contributed by atoms with van der Waals surface area (Å²) in [7, 11) is -3.57. The SMILES string of the molecule is Cc1cc(C)c(S(=O)(=O)N2CCC(C(=O)N3c4ccc(Br)cc4C[C@@H]3C)CC2)c(C)c1. The quantitative estimate of drug-likeness (QED) is 0.605. The molecule has 5 nitrogen and oxygen atoms in total. The molecule has 2 heterocycles. The van der Waals surface area contributed by atoms with E-state index in [4.69, 9.17) is 0 Å². The average molecular weight is 505 g/mol. The smallest absolute Gasteiger partial charge is 0.243 e. The summed E-state index contributed by atoms with van der Waals surface area (Å²) in [6, 6.07) is 10.0. The van der Waals surface area contributed by atoms with Crippen LogP contribution in [0.5, 0.6) is 0 Å². The lowest BCUT2D eigenvalue weighted by Crippen LogP contribution is -2.46. The summed E-state index contributed by atoms with van der Waals surface area (Å²) in [5.74, 6) is -0.0305. The van der Waals surface area contributed by atoms with Gasteiger partial charge in [0.2, 0.25) is 15.9 Å². The lowest BCUT2D eigenvalue weighted by Gasteiger charge is -2.34. The number of hydrogen-bond acceptors (Lipinski definition) is 3. The summed E-state index contributed by atoms with van der Waals surface area (Å²) in [6.07, 6.45) is 1.95. The highest BCUT2D eigenvalue weighted by Gasteiger charge is 2.38. The van der Waals surface area contributed by atoms with Crippen molar-refractivity contribution in [3.63, 3.8) is 0 Å². The maximum absolute atomic E-state index is 13.4. The molecule has 31 heavy (non-hydrogen) atoms. The van der Waals surface area contributed by atoms with Crippen molar-refractivity contribution in [2.24, 2.45) is 5.92 Å². The summed E-state index contributed by atoms with van der Waals surface area (Å²) in [4.78, 5) is 15.7. The van der Waals surface area contributed by atoms with Crippen LogP contribution in [0.1, 0.15) is 42.0 Å². The van der Waals surface area contributed by atoms with Crippen molar-refractivity contribution >= 4 is 37.5 Å². The highest BCUT2D eigenvalue weighted by molar-refractivity contribution is 9.10. The van der Waals surface area contributed by atoms with Crippen molar-refractivity contribution in [1.82, 2.24) is 4.31 Å². The maximum atomic E-state index is 13.4. The number of carbonyl (C=O) groups is 1. The van der Waals surface area contributed by atoms with Gasteiger partial charge in [0.15, 0.2) is 0 Å². The Hall–Kier alpha value is -1.70. The van der Waals surface area contributed by atoms with E-state index in [0.717, 1.165) is 33.3 Å². The Kier molecular flexibility index (Phi) is 6.05. The van der Waals surface area contributed by atoms with E-state index in [0.29, 0.717) is 30.8 Å². The first-order valence-electron chi connectivity index (χ1n) is 10.8. The van der Waals surface area contributed by atoms with Crippen molar-refractivity contribution in [3.8, 4) is 0 Å². The van der Waals surface area contributed by atoms with Crippen molar-refractivity contribution in [2.75, 3.05) is 18.0 Å². The second-order valence-corrected chi connectivity index (χ2v) is 11.7. The van der Waals surface area contributed by atoms with E-state index in [1.807, 2.05) is 49.9 Å². The molecule has 166 valence electrons. The molecule has 2 aliphatic heterocycles. The molecule has 0 N–H and O–H groups in total. The zero-order valence-electron chi connectivity index (χ0n) is 18.5. The second-order valence-electron chi connectivity index (χ2n) is 8.94. The molecule has 0 aromatic heterocycles. The van der Waals surface area contributed by atoms with Crippen LogP contribution in [-0.2, 0) is 21.2 Å². The summed E-state index contributed by atoms with van der Waals surface area (Å²) in [5, 5.41) is 0. The molecule has 0 saturated carbocycles. The van der Waals surface area contributed by atoms with Crippen LogP contribution in [0.3, 0.4) is 0 Å². The van der Waals surface area contributed by atoms with Crippen molar-refractivity contribution in [3.05, 3.63) is 57.1 Å². The number of nitrogens with zero attached hydrogens (tertiary/aromatic N) is 2. The summed E-state index contributed by atoms with van der Waals surface area (Å²) < 4.78 is 29.3. The molecule has 0 spiro atoms. The first-order valence-corrected chi connectivity index (χ1v) is 13.0. The highest BCUT2D eigenvalue weighted by Crippen LogP contribution is 2.37. The minimum Gasteiger partial charge on any atom is -0.309 e. The van der Waals surface area contributed by atoms with E-state index >= 15 is 0 Å². The number of hydrogen-bond donors (Lipinski definition) is 0. The standard InChI is InChI=1S/C24H29BrN2O3S/c1-15-11-16(2)23(17(3)12-15)31(29,30)26-9-7-19(8-10-26)24(28)27-18(4)13-20-14-21(25)5-6-22(20)27/h5-6,11-12,14,18-19H,7-10,13H2,1-4H3/t18-/m0/s1. The molecule has 2 aromatic carbocycles. The largest absolute Gasteiger partial charge is 0.309 e. The van der Waals surface area contributed by atoms with E-state index in [1.165, 1.54) is 5.56 Å². The zero-order valence-corrected chi connectivity index (χ0v) is 20.9. The van der Waals surface area contributed by atoms with E-state index in [1.54, 1.807) is 4.31 Å². The Morgan fingerprint density at radius 3 is 2.26 bits per heavy atom. The third kappa shape index (κ3) is 4.08. The topological polar surface area (TPSA) is 57.7 Å². The zero-order chi connectivity index (χ0) is 22.5. The Bertz CT molecular complexity index is 1110. The number of benzene rings is 2. The van der Waals surface area contributed by atoms with Gasteiger partial charge in [0.05, 0.1) is 4.90 Å². The molecule has 2 aromatic rings. The fourth-order valence-electron chi connectivity index (χ4n) is 5.18. The summed E-state index contributed by atoms with van der Waals surface area (Å²) >= 11 is 3.51. The van der Waals surface area contributed by atoms with Crippen LogP contribution >= 0.6 is 15.9 Å². The molecule has 1 saturated heterocycles. The third-order valence-electron chi connectivity index (χ3n) is 6.50. The Morgan fingerprint density at radius 2 is 1.65 bits per heavy atom. The molecular weight excluding hydrogens is 476 g/mol. The number of halogens is 1. The van der Waals surface area contributed by atoms with Crippen LogP contribution in [0.15, 0.2) is 39.7 Å². The van der Waals surface area contributed by atoms with Gasteiger partial charge in [-0.25, -0.2) is 8.42 Å². The van der Waals surface area contributed by atoms with Gasteiger partial charge < -0.3 is 4.90 Å². The molecule has 0 unspecified atom stereocenters. The van der Waals surface area contributed by atoms with Crippen molar-refractivity contribution in [1.29, 1.82) is 0 Å². The molecule has 7 heteroatoms. The number of fused-ring (bicyclic) bond motifs is 1. The molecule has 0 bridgehead atoms. The van der Waals surface area contributed by atoms with Crippen LogP contribution in [0, 0.1) is 26.7 Å². The number of carbonyl (C=O) groups excluding carboxylic acids is 1. The van der Waals surface area contributed by atoms with Gasteiger partial charge in [0, 0.05) is 35.2 Å². The fraction of sp³-hybridized carbons (Fsp3) is 0.458. The molecule has 4 rings (SSSR count). The number of rotatable bonds is 3. The number of aryl methyl sites for hydroxylation is 3. The van der Waals surface area contributed by atoms with Crippen LogP contribution < -0.4 is 4.90 Å². The van der Waals surface area contributed by atoms with E-state index < -0.39 is 10.0 Å². The third-order valence-corrected chi connectivity index (χ3v) is 9.20. The van der Waals surface area contributed by atoms with Gasteiger partial charge >= 0.3 is 0 Å². The van der Waals surface area contributed by atoms with Crippen LogP contribution in [0.4, 0.5) is 5.69 Å². The normalized spacial score (nSPS) is 20.2. The van der Waals surface area contributed by atoms with Crippen molar-refractivity contribution in [2.45, 2.75) is 57.9 Å². The minimum absolute atomic E-state index is 0.119. The number of anilines is 1. The van der Waals surface area contributed by atoms with Crippen LogP contribution in [-0.4, -0.2) is 37.8 Å². The maximum Gasteiger partial charge on any atom is 0.243 e. The van der Waals surface area contributed by atoms with Gasteiger partial charge in [-0.2, -0.15) is 4.31 Å². The predicted molar refractivity (Wildman–Crippen MR) is 127 cm³/mol. The Morgan fingerprint density at radius 1 is 1.03 bits per heavy atom. The second kappa shape index (κ2) is 8.34. The Balaban J connectivity index is 1.50. The van der Waals surface area contributed by atoms with Gasteiger partial charge in [-0.3, -0.25) is 4.79 Å². The summed E-state index contributed by atoms with van der Waals surface area (Å²) in [5.41, 5.74) is 4.79. The molecular formula is C24H29BrN2O3S. The summed E-state index contributed by atoms with van der Waals surface area (Å²) in [6.45, 7) is 8.52. The average Bonchev–Trinajstić information content (AvgIpc) is 3.01. The van der Waals surface area contributed by atoms with E-state index in [9.17, 15) is 13.2 Å². The van der Waals surface area contributed by atoms with Crippen molar-refractivity contribution < 1.29 is 13.2 Å². The lowest BCUT2D eigenvalue weighted by molar-refractivity contribution is -0.123. The monoisotopic (exact) mass is 504 g/mol. The van der Waals surface area contributed by atoms with Gasteiger partial charge in [0.1, 0.15) is 0 Å². The predicted octanol–water partition coefficient (Wildman–Crippen LogP) is 4.75. The lowest BCUT2D eigenvalue weighted by atomic mass is 9.96. The molecule has 1 amide bonds. The van der Waals surface area contributed by atoms with Gasteiger partial charge in [0.25, 0.3) is 0 Å². The molecule has 0 radical (unpaired) electrons. The number of sulfonamides is 1. The number of amides is 1. The molecule has 1 atom stereocenters.